The Kier molecular flexibility index (Phi) is 2.71. The molecular formula is C12H16N2O. The Bertz CT molecular complexity index is 399. The molecule has 2 rings (SSSR count). The first-order valence-corrected chi connectivity index (χ1v) is 5.56. The molecule has 1 aliphatic rings. The molecule has 0 spiro atoms. The van der Waals surface area contributed by atoms with Crippen molar-refractivity contribution in [3.8, 4) is 0 Å². The molecule has 0 atom stereocenters. The average Bonchev–Trinajstić information content (AvgIpc) is 2.26. The van der Waals surface area contributed by atoms with Gasteiger partial charge in [-0.15, -0.1) is 0 Å². The summed E-state index contributed by atoms with van der Waals surface area (Å²) in [5.74, 6) is 0.123. The molecule has 0 unspecified atom stereocenters. The second-order valence-corrected chi connectivity index (χ2v) is 3.84. The third-order valence-electron chi connectivity index (χ3n) is 2.84. The Morgan fingerprint density at radius 2 is 2.13 bits per heavy atom. The van der Waals surface area contributed by atoms with Gasteiger partial charge in [0.05, 0.1) is 0 Å². The van der Waals surface area contributed by atoms with Gasteiger partial charge in [0.25, 0.3) is 0 Å². The van der Waals surface area contributed by atoms with E-state index in [-0.39, 0.29) is 5.91 Å². The van der Waals surface area contributed by atoms with Crippen LogP contribution in [0.5, 0.6) is 0 Å². The minimum atomic E-state index is 0.123. The lowest BCUT2D eigenvalue weighted by atomic mass is 9.99. The molecule has 0 aliphatic carbocycles. The Labute approximate surface area is 89.9 Å². The topological polar surface area (TPSA) is 42.0 Å². The Morgan fingerprint density at radius 3 is 2.80 bits per heavy atom. The molecule has 0 bridgehead atoms. The van der Waals surface area contributed by atoms with Crippen LogP contribution in [0.2, 0.25) is 0 Å². The SMILES string of the molecule is CCc1cc2c(c(CC)n1)CCC(=O)N2. The van der Waals surface area contributed by atoms with E-state index in [1.807, 2.05) is 6.07 Å². The van der Waals surface area contributed by atoms with Crippen LogP contribution in [0.1, 0.15) is 37.2 Å². The third kappa shape index (κ3) is 1.87. The van der Waals surface area contributed by atoms with E-state index < -0.39 is 0 Å². The zero-order valence-electron chi connectivity index (χ0n) is 9.26. The van der Waals surface area contributed by atoms with E-state index in [4.69, 9.17) is 0 Å². The zero-order chi connectivity index (χ0) is 10.8. The molecule has 1 N–H and O–H groups in total. The van der Waals surface area contributed by atoms with Gasteiger partial charge in [-0.05, 0) is 30.9 Å². The molecule has 1 amide bonds. The molecule has 0 aromatic carbocycles. The fraction of sp³-hybridized carbons (Fsp3) is 0.500. The van der Waals surface area contributed by atoms with Gasteiger partial charge in [-0.25, -0.2) is 0 Å². The molecule has 3 heteroatoms. The Morgan fingerprint density at radius 1 is 1.33 bits per heavy atom. The highest BCUT2D eigenvalue weighted by molar-refractivity contribution is 5.94. The Hall–Kier alpha value is -1.38. The van der Waals surface area contributed by atoms with Crippen molar-refractivity contribution < 1.29 is 4.79 Å². The van der Waals surface area contributed by atoms with Crippen LogP contribution in [-0.4, -0.2) is 10.9 Å². The maximum absolute atomic E-state index is 11.3. The van der Waals surface area contributed by atoms with Crippen LogP contribution < -0.4 is 5.32 Å². The lowest BCUT2D eigenvalue weighted by molar-refractivity contribution is -0.116. The van der Waals surface area contributed by atoms with Crippen LogP contribution in [0.15, 0.2) is 6.07 Å². The van der Waals surface area contributed by atoms with Crippen molar-refractivity contribution in [2.75, 3.05) is 5.32 Å². The fourth-order valence-electron chi connectivity index (χ4n) is 2.00. The number of fused-ring (bicyclic) bond motifs is 1. The van der Waals surface area contributed by atoms with Crippen molar-refractivity contribution >= 4 is 11.6 Å². The van der Waals surface area contributed by atoms with Crippen molar-refractivity contribution in [2.45, 2.75) is 39.5 Å². The van der Waals surface area contributed by atoms with E-state index >= 15 is 0 Å². The van der Waals surface area contributed by atoms with Gasteiger partial charge < -0.3 is 5.32 Å². The van der Waals surface area contributed by atoms with Crippen molar-refractivity contribution in [2.24, 2.45) is 0 Å². The van der Waals surface area contributed by atoms with Crippen molar-refractivity contribution in [3.63, 3.8) is 0 Å². The molecule has 1 aliphatic heterocycles. The number of hydrogen-bond donors (Lipinski definition) is 1. The molecule has 0 saturated carbocycles. The van der Waals surface area contributed by atoms with E-state index in [1.54, 1.807) is 0 Å². The van der Waals surface area contributed by atoms with Gasteiger partial charge in [-0.1, -0.05) is 13.8 Å². The van der Waals surface area contributed by atoms with E-state index in [0.29, 0.717) is 6.42 Å². The number of carbonyl (C=O) groups is 1. The van der Waals surface area contributed by atoms with Gasteiger partial charge in [0.2, 0.25) is 5.91 Å². The van der Waals surface area contributed by atoms with Gasteiger partial charge in [0, 0.05) is 23.5 Å². The molecule has 0 saturated heterocycles. The number of carbonyl (C=O) groups excluding carboxylic acids is 1. The molecule has 80 valence electrons. The van der Waals surface area contributed by atoms with E-state index in [0.717, 1.165) is 36.3 Å². The molecular weight excluding hydrogens is 188 g/mol. The second kappa shape index (κ2) is 4.01. The maximum atomic E-state index is 11.3. The first-order chi connectivity index (χ1) is 7.24. The summed E-state index contributed by atoms with van der Waals surface area (Å²) in [4.78, 5) is 15.9. The number of aryl methyl sites for hydroxylation is 2. The molecule has 1 aromatic heterocycles. The van der Waals surface area contributed by atoms with E-state index in [9.17, 15) is 4.79 Å². The van der Waals surface area contributed by atoms with E-state index in [1.165, 1.54) is 5.56 Å². The van der Waals surface area contributed by atoms with Crippen LogP contribution in [0, 0.1) is 0 Å². The van der Waals surface area contributed by atoms with Gasteiger partial charge in [-0.2, -0.15) is 0 Å². The summed E-state index contributed by atoms with van der Waals surface area (Å²) in [5, 5.41) is 2.93. The molecule has 3 nitrogen and oxygen atoms in total. The number of rotatable bonds is 2. The number of anilines is 1. The van der Waals surface area contributed by atoms with Crippen LogP contribution in [0.25, 0.3) is 0 Å². The number of aromatic nitrogens is 1. The maximum Gasteiger partial charge on any atom is 0.224 e. The fourth-order valence-corrected chi connectivity index (χ4v) is 2.00. The van der Waals surface area contributed by atoms with Crippen LogP contribution in [0.3, 0.4) is 0 Å². The second-order valence-electron chi connectivity index (χ2n) is 3.84. The van der Waals surface area contributed by atoms with Crippen molar-refractivity contribution in [1.29, 1.82) is 0 Å². The summed E-state index contributed by atoms with van der Waals surface area (Å²) in [6.07, 6.45) is 3.27. The lowest BCUT2D eigenvalue weighted by Crippen LogP contribution is -2.21. The minimum Gasteiger partial charge on any atom is -0.326 e. The minimum absolute atomic E-state index is 0.123. The summed E-state index contributed by atoms with van der Waals surface area (Å²) >= 11 is 0. The van der Waals surface area contributed by atoms with Crippen LogP contribution >= 0.6 is 0 Å². The number of pyridine rings is 1. The largest absolute Gasteiger partial charge is 0.326 e. The number of hydrogen-bond acceptors (Lipinski definition) is 2. The molecule has 2 heterocycles. The summed E-state index contributed by atoms with van der Waals surface area (Å²) in [5.41, 5.74) is 4.42. The molecule has 0 radical (unpaired) electrons. The first-order valence-electron chi connectivity index (χ1n) is 5.56. The number of nitrogens with one attached hydrogen (secondary N) is 1. The molecule has 0 fully saturated rings. The van der Waals surface area contributed by atoms with Gasteiger partial charge in [0.15, 0.2) is 0 Å². The normalized spacial score (nSPS) is 14.7. The molecule has 15 heavy (non-hydrogen) atoms. The number of amides is 1. The van der Waals surface area contributed by atoms with Crippen LogP contribution in [0.4, 0.5) is 5.69 Å². The Balaban J connectivity index is 2.49. The lowest BCUT2D eigenvalue weighted by Gasteiger charge is -2.20. The predicted octanol–water partition coefficient (Wildman–Crippen LogP) is 2.09. The van der Waals surface area contributed by atoms with Crippen molar-refractivity contribution in [3.05, 3.63) is 23.0 Å². The highest BCUT2D eigenvalue weighted by atomic mass is 16.1. The van der Waals surface area contributed by atoms with Gasteiger partial charge in [-0.3, -0.25) is 9.78 Å². The monoisotopic (exact) mass is 204 g/mol. The predicted molar refractivity (Wildman–Crippen MR) is 59.9 cm³/mol. The summed E-state index contributed by atoms with van der Waals surface area (Å²) < 4.78 is 0. The van der Waals surface area contributed by atoms with Crippen molar-refractivity contribution in [1.82, 2.24) is 4.98 Å². The van der Waals surface area contributed by atoms with E-state index in [2.05, 4.69) is 24.1 Å². The molecule has 1 aromatic rings. The number of nitrogens with zero attached hydrogens (tertiary/aromatic N) is 1. The van der Waals surface area contributed by atoms with Gasteiger partial charge >= 0.3 is 0 Å². The summed E-state index contributed by atoms with van der Waals surface area (Å²) in [6, 6.07) is 2.01. The standard InChI is InChI=1S/C12H16N2O/c1-3-8-7-11-9(10(4-2)13-8)5-6-12(15)14-11/h7H,3-6H2,1-2H3,(H,14,15). The van der Waals surface area contributed by atoms with Gasteiger partial charge in [0.1, 0.15) is 0 Å². The first kappa shape index (κ1) is 10.1. The average molecular weight is 204 g/mol. The summed E-state index contributed by atoms with van der Waals surface area (Å²) in [6.45, 7) is 4.19. The smallest absolute Gasteiger partial charge is 0.224 e. The quantitative estimate of drug-likeness (QED) is 0.801. The highest BCUT2D eigenvalue weighted by Crippen LogP contribution is 2.26. The third-order valence-corrected chi connectivity index (χ3v) is 2.84. The highest BCUT2D eigenvalue weighted by Gasteiger charge is 2.18. The zero-order valence-corrected chi connectivity index (χ0v) is 9.26. The van der Waals surface area contributed by atoms with Crippen LogP contribution in [-0.2, 0) is 24.1 Å². The summed E-state index contributed by atoms with van der Waals surface area (Å²) in [7, 11) is 0.